The number of rotatable bonds is 9. The molecule has 0 bridgehead atoms. The van der Waals surface area contributed by atoms with E-state index in [-0.39, 0.29) is 12.4 Å². The van der Waals surface area contributed by atoms with E-state index in [1.165, 1.54) is 30.5 Å². The van der Waals surface area contributed by atoms with Gasteiger partial charge in [0.25, 0.3) is 0 Å². The molecule has 1 atom stereocenters. The first-order valence-corrected chi connectivity index (χ1v) is 10.1. The van der Waals surface area contributed by atoms with E-state index in [0.717, 1.165) is 28.2 Å². The lowest BCUT2D eigenvalue weighted by Crippen LogP contribution is -3.00. The van der Waals surface area contributed by atoms with E-state index in [0.29, 0.717) is 11.1 Å². The molecule has 0 aromatic heterocycles. The van der Waals surface area contributed by atoms with Gasteiger partial charge in [-0.3, -0.25) is 0 Å². The molecule has 0 saturated heterocycles. The molecule has 0 aliphatic rings. The third-order valence-corrected chi connectivity index (χ3v) is 5.21. The topological polar surface area (TPSA) is 12.0 Å². The van der Waals surface area contributed by atoms with Gasteiger partial charge in [-0.25, -0.2) is 0 Å². The van der Waals surface area contributed by atoms with Crippen LogP contribution in [0.15, 0.2) is 42.5 Å². The molecule has 0 fully saturated rings. The number of aryl methyl sites for hydroxylation is 1. The summed E-state index contributed by atoms with van der Waals surface area (Å²) in [6, 6.07) is 14.8. The quantitative estimate of drug-likeness (QED) is 0.601. The Kier molecular flexibility index (Phi) is 9.97. The van der Waals surface area contributed by atoms with E-state index >= 15 is 0 Å². The molecule has 27 heavy (non-hydrogen) atoms. The highest BCUT2D eigenvalue weighted by atomic mass is 35.5. The van der Waals surface area contributed by atoms with Crippen molar-refractivity contribution in [2.45, 2.75) is 45.7 Å². The highest BCUT2D eigenvalue weighted by Gasteiger charge is 2.23. The molecule has 0 spiro atoms. The minimum Gasteiger partial charge on any atom is -1.00 e. The largest absolute Gasteiger partial charge is 1.00 e. The Bertz CT molecular complexity index is 716. The Morgan fingerprint density at radius 2 is 1.81 bits per heavy atom. The van der Waals surface area contributed by atoms with E-state index in [4.69, 9.17) is 23.2 Å². The zero-order valence-electron chi connectivity index (χ0n) is 16.7. The summed E-state index contributed by atoms with van der Waals surface area (Å²) < 4.78 is 0.870. The van der Waals surface area contributed by atoms with E-state index in [1.54, 1.807) is 0 Å². The monoisotopic (exact) mass is 428 g/mol. The van der Waals surface area contributed by atoms with Gasteiger partial charge in [-0.2, -0.15) is 0 Å². The first-order valence-electron chi connectivity index (χ1n) is 9.38. The molecule has 2 rings (SSSR count). The van der Waals surface area contributed by atoms with Crippen LogP contribution < -0.4 is 17.7 Å². The number of hydrogen-bond donors (Lipinski definition) is 1. The van der Waals surface area contributed by atoms with Gasteiger partial charge in [-0.1, -0.05) is 61.2 Å². The predicted octanol–water partition coefficient (Wildman–Crippen LogP) is 3.55. The minimum atomic E-state index is 0. The number of anilines is 1. The first kappa shape index (κ1) is 24.1. The Morgan fingerprint density at radius 3 is 2.44 bits per heavy atom. The van der Waals surface area contributed by atoms with E-state index < -0.39 is 0 Å². The number of nitrogens with zero attached hydrogens (tertiary/aromatic N) is 1. The van der Waals surface area contributed by atoms with Gasteiger partial charge in [0.05, 0.1) is 31.7 Å². The summed E-state index contributed by atoms with van der Waals surface area (Å²) in [5.74, 6) is 0. The Morgan fingerprint density at radius 1 is 1.07 bits per heavy atom. The summed E-state index contributed by atoms with van der Waals surface area (Å²) in [5, 5.41) is 5.19. The van der Waals surface area contributed by atoms with Gasteiger partial charge < -0.3 is 22.2 Å². The smallest absolute Gasteiger partial charge is 0.105 e. The van der Waals surface area contributed by atoms with Gasteiger partial charge in [-0.15, -0.1) is 0 Å². The van der Waals surface area contributed by atoms with Crippen molar-refractivity contribution in [2.24, 2.45) is 0 Å². The molecule has 2 aromatic rings. The Hall–Kier alpha value is -0.930. The third kappa shape index (κ3) is 8.31. The maximum absolute atomic E-state index is 6.39. The SMILES string of the molecule is CCCCC(C[N+](C)(C)Cc1ccc(Cl)cc1Cl)Nc1cccc(C)c1.[Cl-]. The molecular formula is C22H31Cl3N2. The highest BCUT2D eigenvalue weighted by molar-refractivity contribution is 6.35. The average Bonchev–Trinajstić information content (AvgIpc) is 2.55. The van der Waals surface area contributed by atoms with Gasteiger partial charge in [0, 0.05) is 16.3 Å². The van der Waals surface area contributed by atoms with Crippen LogP contribution in [0.5, 0.6) is 0 Å². The lowest BCUT2D eigenvalue weighted by molar-refractivity contribution is -0.904. The highest BCUT2D eigenvalue weighted by Crippen LogP contribution is 2.24. The summed E-state index contributed by atoms with van der Waals surface area (Å²) in [5.41, 5.74) is 3.63. The maximum Gasteiger partial charge on any atom is 0.105 e. The van der Waals surface area contributed by atoms with Crippen LogP contribution in [-0.4, -0.2) is 31.2 Å². The number of unbranched alkanes of at least 4 members (excludes halogenated alkanes) is 1. The molecular weight excluding hydrogens is 399 g/mol. The second kappa shape index (κ2) is 11.2. The van der Waals surface area contributed by atoms with Gasteiger partial charge in [-0.05, 0) is 43.2 Å². The molecule has 1 unspecified atom stereocenters. The number of quaternary nitrogens is 1. The van der Waals surface area contributed by atoms with E-state index in [1.807, 2.05) is 18.2 Å². The third-order valence-electron chi connectivity index (χ3n) is 4.62. The molecule has 150 valence electrons. The van der Waals surface area contributed by atoms with Crippen LogP contribution in [0.1, 0.15) is 37.3 Å². The lowest BCUT2D eigenvalue weighted by Gasteiger charge is -2.34. The van der Waals surface area contributed by atoms with Crippen LogP contribution in [0.3, 0.4) is 0 Å². The van der Waals surface area contributed by atoms with Gasteiger partial charge in [0.15, 0.2) is 0 Å². The molecule has 0 radical (unpaired) electrons. The van der Waals surface area contributed by atoms with Crippen molar-refractivity contribution in [3.05, 3.63) is 63.6 Å². The fraction of sp³-hybridized carbons (Fsp3) is 0.455. The fourth-order valence-electron chi connectivity index (χ4n) is 3.40. The predicted molar refractivity (Wildman–Crippen MR) is 115 cm³/mol. The van der Waals surface area contributed by atoms with Gasteiger partial charge >= 0.3 is 0 Å². The van der Waals surface area contributed by atoms with Crippen LogP contribution in [0.25, 0.3) is 0 Å². The first-order chi connectivity index (χ1) is 12.3. The number of likely N-dealkylation sites (N-methyl/N-ethyl adjacent to an activating group) is 1. The van der Waals surface area contributed by atoms with Crippen molar-refractivity contribution in [1.82, 2.24) is 0 Å². The lowest BCUT2D eigenvalue weighted by atomic mass is 10.1. The number of nitrogens with one attached hydrogen (secondary N) is 1. The van der Waals surface area contributed by atoms with Crippen molar-refractivity contribution in [3.8, 4) is 0 Å². The second-order valence-electron chi connectivity index (χ2n) is 7.87. The van der Waals surface area contributed by atoms with Crippen LogP contribution in [0, 0.1) is 6.92 Å². The fourth-order valence-corrected chi connectivity index (χ4v) is 3.87. The zero-order valence-corrected chi connectivity index (χ0v) is 19.0. The van der Waals surface area contributed by atoms with Gasteiger partial charge in [0.2, 0.25) is 0 Å². The van der Waals surface area contributed by atoms with Crippen molar-refractivity contribution in [1.29, 1.82) is 0 Å². The number of benzene rings is 2. The zero-order chi connectivity index (χ0) is 19.2. The second-order valence-corrected chi connectivity index (χ2v) is 8.71. The van der Waals surface area contributed by atoms with Gasteiger partial charge in [0.1, 0.15) is 6.54 Å². The number of hydrogen-bond acceptors (Lipinski definition) is 1. The molecule has 0 aliphatic carbocycles. The standard InChI is InChI=1S/C22H31Cl2N2.ClH/c1-5-6-9-21(25-20-10-7-8-17(2)13-20)16-26(3,4)15-18-11-12-19(23)14-22(18)24;/h7-8,10-14,21,25H,5-6,9,15-16H2,1-4H3;1H/q+1;/p-1. The number of halogens is 3. The van der Waals surface area contributed by atoms with Crippen LogP contribution in [0.2, 0.25) is 10.0 Å². The Labute approximate surface area is 180 Å². The van der Waals surface area contributed by atoms with Crippen molar-refractivity contribution in [2.75, 3.05) is 26.0 Å². The molecule has 0 amide bonds. The molecule has 0 aliphatic heterocycles. The summed E-state index contributed by atoms with van der Waals surface area (Å²) >= 11 is 12.4. The van der Waals surface area contributed by atoms with E-state index in [9.17, 15) is 0 Å². The summed E-state index contributed by atoms with van der Waals surface area (Å²) in [4.78, 5) is 0. The van der Waals surface area contributed by atoms with Crippen LogP contribution in [0.4, 0.5) is 5.69 Å². The molecule has 2 nitrogen and oxygen atoms in total. The normalized spacial score (nSPS) is 12.4. The Balaban J connectivity index is 0.00000364. The van der Waals surface area contributed by atoms with Crippen molar-refractivity contribution in [3.63, 3.8) is 0 Å². The van der Waals surface area contributed by atoms with Crippen molar-refractivity contribution < 1.29 is 16.9 Å². The summed E-state index contributed by atoms with van der Waals surface area (Å²) in [6.45, 7) is 6.30. The average molecular weight is 430 g/mol. The van der Waals surface area contributed by atoms with Crippen LogP contribution in [-0.2, 0) is 6.54 Å². The molecule has 0 heterocycles. The summed E-state index contributed by atoms with van der Waals surface area (Å²) in [7, 11) is 4.53. The minimum absolute atomic E-state index is 0. The molecule has 5 heteroatoms. The van der Waals surface area contributed by atoms with Crippen molar-refractivity contribution >= 4 is 28.9 Å². The summed E-state index contributed by atoms with van der Waals surface area (Å²) in [6.07, 6.45) is 3.61. The molecule has 0 saturated carbocycles. The molecule has 2 aromatic carbocycles. The maximum atomic E-state index is 6.39. The van der Waals surface area contributed by atoms with E-state index in [2.05, 4.69) is 57.5 Å². The van der Waals surface area contributed by atoms with Crippen LogP contribution >= 0.6 is 23.2 Å². The molecule has 1 N–H and O–H groups in total.